The predicted molar refractivity (Wildman–Crippen MR) is 132 cm³/mol. The monoisotopic (exact) mass is 453 g/mol. The number of benzene rings is 2. The van der Waals surface area contributed by atoms with Crippen LogP contribution in [0.2, 0.25) is 0 Å². The summed E-state index contributed by atoms with van der Waals surface area (Å²) in [6.45, 7) is 1.24. The number of carbonyl (C=O) groups is 2. The van der Waals surface area contributed by atoms with Crippen LogP contribution in [0.5, 0.6) is 0 Å². The fraction of sp³-hybridized carbons (Fsp3) is 0.259. The first-order chi connectivity index (χ1) is 16.7. The summed E-state index contributed by atoms with van der Waals surface area (Å²) < 4.78 is 1.92. The van der Waals surface area contributed by atoms with E-state index in [0.717, 1.165) is 23.3 Å². The van der Waals surface area contributed by atoms with Gasteiger partial charge in [-0.1, -0.05) is 42.5 Å². The topological polar surface area (TPSA) is 80.1 Å². The minimum atomic E-state index is -0.101. The molecule has 5 rings (SSSR count). The number of hydrogen-bond acceptors (Lipinski definition) is 4. The van der Waals surface area contributed by atoms with Gasteiger partial charge in [0.1, 0.15) is 12.1 Å². The van der Waals surface area contributed by atoms with Gasteiger partial charge in [0.05, 0.1) is 22.9 Å². The first-order valence-corrected chi connectivity index (χ1v) is 11.7. The Labute approximate surface area is 198 Å². The van der Waals surface area contributed by atoms with E-state index in [1.54, 1.807) is 12.5 Å². The number of para-hydroxylation sites is 2. The summed E-state index contributed by atoms with van der Waals surface area (Å²) in [6.07, 6.45) is 6.03. The van der Waals surface area contributed by atoms with Gasteiger partial charge < -0.3 is 10.2 Å². The lowest BCUT2D eigenvalue weighted by Gasteiger charge is -2.31. The zero-order valence-electron chi connectivity index (χ0n) is 18.9. The van der Waals surface area contributed by atoms with Crippen molar-refractivity contribution >= 4 is 28.5 Å². The first kappa shape index (κ1) is 21.8. The molecule has 0 unspecified atom stereocenters. The van der Waals surface area contributed by atoms with Gasteiger partial charge >= 0.3 is 0 Å². The summed E-state index contributed by atoms with van der Waals surface area (Å²) in [6, 6.07) is 21.7. The van der Waals surface area contributed by atoms with E-state index >= 15 is 0 Å². The summed E-state index contributed by atoms with van der Waals surface area (Å²) >= 11 is 0. The zero-order chi connectivity index (χ0) is 23.3. The lowest BCUT2D eigenvalue weighted by Crippen LogP contribution is -2.41. The molecular weight excluding hydrogens is 426 g/mol. The number of imidazole rings is 1. The molecule has 1 aliphatic heterocycles. The number of likely N-dealkylation sites (tertiary alicyclic amines) is 1. The molecule has 0 bridgehead atoms. The molecule has 7 heteroatoms. The van der Waals surface area contributed by atoms with Crippen LogP contribution in [0.15, 0.2) is 79.3 Å². The Morgan fingerprint density at radius 1 is 0.912 bits per heavy atom. The molecule has 1 N–H and O–H groups in total. The average molecular weight is 454 g/mol. The maximum Gasteiger partial charge on any atom is 0.227 e. The van der Waals surface area contributed by atoms with Crippen molar-refractivity contribution in [2.75, 3.05) is 18.4 Å². The van der Waals surface area contributed by atoms with Crippen LogP contribution in [0.25, 0.3) is 16.9 Å². The number of aryl methyl sites for hydroxylation is 1. The molecule has 2 aromatic carbocycles. The third-order valence-corrected chi connectivity index (χ3v) is 6.40. The number of aromatic nitrogens is 3. The number of piperidine rings is 1. The normalized spacial score (nSPS) is 14.3. The maximum atomic E-state index is 12.8. The van der Waals surface area contributed by atoms with Crippen LogP contribution < -0.4 is 5.32 Å². The highest BCUT2D eigenvalue weighted by molar-refractivity contribution is 5.92. The molecule has 0 spiro atoms. The van der Waals surface area contributed by atoms with Crippen LogP contribution in [0, 0.1) is 5.92 Å². The molecule has 2 aromatic heterocycles. The molecule has 1 saturated heterocycles. The van der Waals surface area contributed by atoms with Crippen LogP contribution in [0.4, 0.5) is 5.69 Å². The van der Waals surface area contributed by atoms with Gasteiger partial charge in [0.2, 0.25) is 11.8 Å². The van der Waals surface area contributed by atoms with Crippen LogP contribution in [-0.2, 0) is 16.0 Å². The van der Waals surface area contributed by atoms with Gasteiger partial charge in [-0.15, -0.1) is 0 Å². The number of amides is 2. The summed E-state index contributed by atoms with van der Waals surface area (Å²) in [5.74, 6) is 0.790. The maximum absolute atomic E-state index is 12.8. The smallest absolute Gasteiger partial charge is 0.227 e. The van der Waals surface area contributed by atoms with Crippen molar-refractivity contribution in [1.29, 1.82) is 0 Å². The molecule has 4 aromatic rings. The average Bonchev–Trinajstić information content (AvgIpc) is 3.33. The Morgan fingerprint density at radius 3 is 2.44 bits per heavy atom. The second-order valence-electron chi connectivity index (χ2n) is 8.64. The van der Waals surface area contributed by atoms with Crippen molar-refractivity contribution in [3.8, 4) is 5.82 Å². The van der Waals surface area contributed by atoms with Gasteiger partial charge in [-0.25, -0.2) is 9.97 Å². The van der Waals surface area contributed by atoms with E-state index in [4.69, 9.17) is 0 Å². The Balaban J connectivity index is 1.12. The Morgan fingerprint density at radius 2 is 1.68 bits per heavy atom. The lowest BCUT2D eigenvalue weighted by molar-refractivity contribution is -0.134. The minimum Gasteiger partial charge on any atom is -0.343 e. The van der Waals surface area contributed by atoms with Gasteiger partial charge in [-0.05, 0) is 49.1 Å². The quantitative estimate of drug-likeness (QED) is 0.474. The Bertz CT molecular complexity index is 1280. The van der Waals surface area contributed by atoms with Crippen molar-refractivity contribution < 1.29 is 9.59 Å². The Kier molecular flexibility index (Phi) is 6.33. The van der Waals surface area contributed by atoms with Gasteiger partial charge in [0, 0.05) is 25.4 Å². The third-order valence-electron chi connectivity index (χ3n) is 6.40. The SMILES string of the molecule is O=C(Nc1ccc(-n2cnc3ccccc32)nc1)C1CCN(C(=O)CCc2ccccc2)CC1. The van der Waals surface area contributed by atoms with E-state index in [1.807, 2.05) is 76.2 Å². The van der Waals surface area contributed by atoms with Gasteiger partial charge in [0.25, 0.3) is 0 Å². The lowest BCUT2D eigenvalue weighted by atomic mass is 9.95. The molecule has 1 aliphatic rings. The van der Waals surface area contributed by atoms with Crippen LogP contribution in [-0.4, -0.2) is 44.3 Å². The fourth-order valence-electron chi connectivity index (χ4n) is 4.43. The standard InChI is InChI=1S/C27H27N5O2/c33-26(13-10-20-6-2-1-3-7-20)31-16-14-21(15-17-31)27(34)30-22-11-12-25(28-18-22)32-19-29-23-8-4-5-9-24(23)32/h1-9,11-12,18-19,21H,10,13-17H2,(H,30,34). The van der Waals surface area contributed by atoms with Crippen molar-refractivity contribution in [3.63, 3.8) is 0 Å². The van der Waals surface area contributed by atoms with Gasteiger partial charge in [-0.2, -0.15) is 0 Å². The first-order valence-electron chi connectivity index (χ1n) is 11.7. The second kappa shape index (κ2) is 9.87. The molecule has 0 saturated carbocycles. The van der Waals surface area contributed by atoms with Crippen molar-refractivity contribution in [2.24, 2.45) is 5.92 Å². The predicted octanol–water partition coefficient (Wildman–Crippen LogP) is 4.23. The molecule has 0 aliphatic carbocycles. The van der Waals surface area contributed by atoms with E-state index in [2.05, 4.69) is 15.3 Å². The number of fused-ring (bicyclic) bond motifs is 1. The highest BCUT2D eigenvalue weighted by Crippen LogP contribution is 2.22. The molecule has 0 radical (unpaired) electrons. The number of hydrogen-bond donors (Lipinski definition) is 1. The number of anilines is 1. The molecular formula is C27H27N5O2. The number of pyridine rings is 1. The van der Waals surface area contributed by atoms with E-state index in [0.29, 0.717) is 38.0 Å². The van der Waals surface area contributed by atoms with E-state index in [-0.39, 0.29) is 17.7 Å². The minimum absolute atomic E-state index is 0.0148. The molecule has 2 amide bonds. The highest BCUT2D eigenvalue weighted by Gasteiger charge is 2.27. The molecule has 172 valence electrons. The van der Waals surface area contributed by atoms with Crippen molar-refractivity contribution in [2.45, 2.75) is 25.7 Å². The largest absolute Gasteiger partial charge is 0.343 e. The summed E-state index contributed by atoms with van der Waals surface area (Å²) in [5, 5.41) is 2.98. The van der Waals surface area contributed by atoms with E-state index < -0.39 is 0 Å². The van der Waals surface area contributed by atoms with Gasteiger partial charge in [0.15, 0.2) is 0 Å². The highest BCUT2D eigenvalue weighted by atomic mass is 16.2. The molecule has 1 fully saturated rings. The number of carbonyl (C=O) groups excluding carboxylic acids is 2. The summed E-state index contributed by atoms with van der Waals surface area (Å²) in [4.78, 5) is 36.1. The summed E-state index contributed by atoms with van der Waals surface area (Å²) in [5.41, 5.74) is 3.73. The van der Waals surface area contributed by atoms with E-state index in [1.165, 1.54) is 5.56 Å². The zero-order valence-corrected chi connectivity index (χ0v) is 18.9. The van der Waals surface area contributed by atoms with Crippen LogP contribution in [0.1, 0.15) is 24.8 Å². The van der Waals surface area contributed by atoms with Crippen LogP contribution >= 0.6 is 0 Å². The summed E-state index contributed by atoms with van der Waals surface area (Å²) in [7, 11) is 0. The number of nitrogens with zero attached hydrogens (tertiary/aromatic N) is 4. The van der Waals surface area contributed by atoms with E-state index in [9.17, 15) is 9.59 Å². The number of nitrogens with one attached hydrogen (secondary N) is 1. The van der Waals surface area contributed by atoms with Gasteiger partial charge in [-0.3, -0.25) is 14.2 Å². The second-order valence-corrected chi connectivity index (χ2v) is 8.64. The van der Waals surface area contributed by atoms with Crippen molar-refractivity contribution in [1.82, 2.24) is 19.4 Å². The molecule has 0 atom stereocenters. The van der Waals surface area contributed by atoms with Crippen LogP contribution in [0.3, 0.4) is 0 Å². The molecule has 3 heterocycles. The fourth-order valence-corrected chi connectivity index (χ4v) is 4.43. The molecule has 7 nitrogen and oxygen atoms in total. The number of rotatable bonds is 6. The third kappa shape index (κ3) is 4.83. The van der Waals surface area contributed by atoms with Crippen molar-refractivity contribution in [3.05, 3.63) is 84.8 Å². The Hall–Kier alpha value is -4.00. The molecule has 34 heavy (non-hydrogen) atoms.